The van der Waals surface area contributed by atoms with Crippen molar-refractivity contribution in [1.82, 2.24) is 9.97 Å². The van der Waals surface area contributed by atoms with Gasteiger partial charge in [0, 0.05) is 4.88 Å². The molecule has 3 heterocycles. The molecule has 1 unspecified atom stereocenters. The minimum Gasteiger partial charge on any atom is -0.364 e. The highest BCUT2D eigenvalue weighted by molar-refractivity contribution is 7.18. The molecule has 2 aromatic rings. The predicted molar refractivity (Wildman–Crippen MR) is 91.3 cm³/mol. The van der Waals surface area contributed by atoms with Gasteiger partial charge in [-0.15, -0.1) is 11.3 Å². The monoisotopic (exact) mass is 334 g/mol. The van der Waals surface area contributed by atoms with E-state index in [0.29, 0.717) is 0 Å². The number of hydrogen-bond donors (Lipinski definition) is 2. The van der Waals surface area contributed by atoms with Crippen LogP contribution in [0.3, 0.4) is 0 Å². The van der Waals surface area contributed by atoms with E-state index < -0.39 is 0 Å². The zero-order valence-electron chi connectivity index (χ0n) is 13.8. The molecule has 5 nitrogen and oxygen atoms in total. The van der Waals surface area contributed by atoms with E-state index in [2.05, 4.69) is 18.8 Å². The standard InChI is InChI=1S/C17H23N3O2S/c1-10-7-20(8-11(2)22-10)9-14-18-16(21)15-12-5-3-4-6-13(12)23-17(15)19-14/h10-11H,3-9H2,1-2H3,(H,18,19,21)/p+1/t10-,11+. The van der Waals surface area contributed by atoms with Crippen molar-refractivity contribution in [1.29, 1.82) is 0 Å². The molecule has 2 aliphatic rings. The van der Waals surface area contributed by atoms with Gasteiger partial charge in [0.05, 0.1) is 5.39 Å². The van der Waals surface area contributed by atoms with Crippen LogP contribution in [0.4, 0.5) is 0 Å². The molecular formula is C17H24N3O2S+. The molecule has 0 spiro atoms. The van der Waals surface area contributed by atoms with Gasteiger partial charge in [0.2, 0.25) is 0 Å². The van der Waals surface area contributed by atoms with Crippen LogP contribution in [0.1, 0.15) is 43.0 Å². The van der Waals surface area contributed by atoms with Crippen molar-refractivity contribution in [2.75, 3.05) is 13.1 Å². The number of aromatic amines is 1. The van der Waals surface area contributed by atoms with E-state index in [-0.39, 0.29) is 17.8 Å². The SMILES string of the molecule is C[C@@H]1C[NH+](Cc2nc3sc4c(c3c(=O)[nH]2)CCCC4)C[C@H](C)O1. The van der Waals surface area contributed by atoms with Gasteiger partial charge in [0.15, 0.2) is 5.82 Å². The van der Waals surface area contributed by atoms with Gasteiger partial charge in [-0.25, -0.2) is 4.98 Å². The molecule has 1 aliphatic carbocycles. The Hall–Kier alpha value is -1.24. The molecule has 2 N–H and O–H groups in total. The van der Waals surface area contributed by atoms with Crippen LogP contribution in [0, 0.1) is 0 Å². The number of aryl methyl sites for hydroxylation is 2. The molecule has 4 rings (SSSR count). The molecule has 0 bridgehead atoms. The average Bonchev–Trinajstić information content (AvgIpc) is 2.84. The van der Waals surface area contributed by atoms with E-state index in [1.54, 1.807) is 11.3 Å². The lowest BCUT2D eigenvalue weighted by atomic mass is 9.97. The Labute approximate surface area is 139 Å². The third-order valence-corrected chi connectivity index (χ3v) is 6.09. The summed E-state index contributed by atoms with van der Waals surface area (Å²) in [6, 6.07) is 0. The summed E-state index contributed by atoms with van der Waals surface area (Å²) in [6.07, 6.45) is 5.08. The summed E-state index contributed by atoms with van der Waals surface area (Å²) in [4.78, 5) is 24.2. The second-order valence-electron chi connectivity index (χ2n) is 7.00. The summed E-state index contributed by atoms with van der Waals surface area (Å²) in [7, 11) is 0. The van der Waals surface area contributed by atoms with Gasteiger partial charge in [-0.2, -0.15) is 0 Å². The van der Waals surface area contributed by atoms with Crippen LogP contribution in [-0.2, 0) is 24.1 Å². The maximum Gasteiger partial charge on any atom is 0.260 e. The molecule has 3 atom stereocenters. The molecule has 6 heteroatoms. The second kappa shape index (κ2) is 6.00. The lowest BCUT2D eigenvalue weighted by molar-refractivity contribution is -0.928. The highest BCUT2D eigenvalue weighted by Crippen LogP contribution is 2.33. The molecule has 1 saturated heterocycles. The summed E-state index contributed by atoms with van der Waals surface area (Å²) in [5.74, 6) is 0.817. The van der Waals surface area contributed by atoms with Crippen LogP contribution in [0.25, 0.3) is 10.2 Å². The molecule has 23 heavy (non-hydrogen) atoms. The maximum absolute atomic E-state index is 12.6. The Morgan fingerprint density at radius 1 is 1.26 bits per heavy atom. The Bertz CT molecular complexity index is 772. The number of aromatic nitrogens is 2. The Kier molecular flexibility index (Phi) is 3.99. The number of quaternary nitrogens is 1. The lowest BCUT2D eigenvalue weighted by Gasteiger charge is -2.32. The third-order valence-electron chi connectivity index (χ3n) is 4.91. The highest BCUT2D eigenvalue weighted by atomic mass is 32.1. The van der Waals surface area contributed by atoms with Crippen molar-refractivity contribution in [3.05, 3.63) is 26.6 Å². The molecule has 0 radical (unpaired) electrons. The summed E-state index contributed by atoms with van der Waals surface area (Å²) >= 11 is 1.73. The summed E-state index contributed by atoms with van der Waals surface area (Å²) < 4.78 is 5.79. The first-order valence-corrected chi connectivity index (χ1v) is 9.44. The number of rotatable bonds is 2. The topological polar surface area (TPSA) is 59.4 Å². The Balaban J connectivity index is 1.65. The van der Waals surface area contributed by atoms with Gasteiger partial charge in [-0.3, -0.25) is 4.79 Å². The van der Waals surface area contributed by atoms with Crippen LogP contribution in [0.5, 0.6) is 0 Å². The molecule has 1 aliphatic heterocycles. The van der Waals surface area contributed by atoms with Crippen molar-refractivity contribution >= 4 is 21.6 Å². The first-order chi connectivity index (χ1) is 11.1. The number of nitrogens with one attached hydrogen (secondary N) is 2. The van der Waals surface area contributed by atoms with Gasteiger partial charge in [0.1, 0.15) is 36.7 Å². The number of ether oxygens (including phenoxy) is 1. The van der Waals surface area contributed by atoms with E-state index >= 15 is 0 Å². The molecule has 0 aromatic carbocycles. The van der Waals surface area contributed by atoms with Crippen molar-refractivity contribution in [3.8, 4) is 0 Å². The van der Waals surface area contributed by atoms with Crippen LogP contribution in [0.15, 0.2) is 4.79 Å². The number of hydrogen-bond acceptors (Lipinski definition) is 4. The quantitative estimate of drug-likeness (QED) is 0.863. The Morgan fingerprint density at radius 3 is 2.78 bits per heavy atom. The fraction of sp³-hybridized carbons (Fsp3) is 0.647. The van der Waals surface area contributed by atoms with E-state index in [1.165, 1.54) is 28.2 Å². The smallest absolute Gasteiger partial charge is 0.260 e. The molecule has 1 fully saturated rings. The maximum atomic E-state index is 12.6. The van der Waals surface area contributed by atoms with Gasteiger partial charge >= 0.3 is 0 Å². The van der Waals surface area contributed by atoms with Gasteiger partial charge in [-0.1, -0.05) is 0 Å². The van der Waals surface area contributed by atoms with Gasteiger partial charge < -0.3 is 14.6 Å². The number of morpholine rings is 1. The highest BCUT2D eigenvalue weighted by Gasteiger charge is 2.27. The molecule has 0 saturated carbocycles. The first kappa shape index (κ1) is 15.3. The van der Waals surface area contributed by atoms with Gasteiger partial charge in [0.25, 0.3) is 5.56 Å². The van der Waals surface area contributed by atoms with Gasteiger partial charge in [-0.05, 0) is 45.1 Å². The van der Waals surface area contributed by atoms with Crippen molar-refractivity contribution in [3.63, 3.8) is 0 Å². The third kappa shape index (κ3) is 2.95. The van der Waals surface area contributed by atoms with E-state index in [9.17, 15) is 4.79 Å². The number of nitrogens with zero attached hydrogens (tertiary/aromatic N) is 1. The normalized spacial score (nSPS) is 28.0. The van der Waals surface area contributed by atoms with E-state index in [4.69, 9.17) is 9.72 Å². The zero-order chi connectivity index (χ0) is 16.0. The van der Waals surface area contributed by atoms with Crippen molar-refractivity contribution < 1.29 is 9.64 Å². The molecular weight excluding hydrogens is 310 g/mol. The lowest BCUT2D eigenvalue weighted by Crippen LogP contribution is -3.14. The summed E-state index contributed by atoms with van der Waals surface area (Å²) in [5, 5.41) is 0.854. The van der Waals surface area contributed by atoms with Crippen LogP contribution in [0.2, 0.25) is 0 Å². The largest absolute Gasteiger partial charge is 0.364 e. The minimum absolute atomic E-state index is 0.0538. The molecule has 2 aromatic heterocycles. The summed E-state index contributed by atoms with van der Waals surface area (Å²) in [5.41, 5.74) is 1.32. The van der Waals surface area contributed by atoms with Crippen LogP contribution in [-0.4, -0.2) is 35.3 Å². The molecule has 124 valence electrons. The number of fused-ring (bicyclic) bond motifs is 3. The minimum atomic E-state index is 0.0538. The van der Waals surface area contributed by atoms with Crippen LogP contribution < -0.4 is 10.5 Å². The second-order valence-corrected chi connectivity index (χ2v) is 8.08. The zero-order valence-corrected chi connectivity index (χ0v) is 14.6. The Morgan fingerprint density at radius 2 is 2.00 bits per heavy atom. The fourth-order valence-corrected chi connectivity index (χ4v) is 5.34. The number of H-pyrrole nitrogens is 1. The number of thiophene rings is 1. The van der Waals surface area contributed by atoms with E-state index in [1.807, 2.05) is 0 Å². The fourth-order valence-electron chi connectivity index (χ4n) is 4.06. The average molecular weight is 334 g/mol. The molecule has 0 amide bonds. The van der Waals surface area contributed by atoms with E-state index in [0.717, 1.165) is 48.5 Å². The van der Waals surface area contributed by atoms with Crippen molar-refractivity contribution in [2.45, 2.75) is 58.3 Å². The first-order valence-electron chi connectivity index (χ1n) is 8.62. The van der Waals surface area contributed by atoms with Crippen molar-refractivity contribution in [2.24, 2.45) is 0 Å². The summed E-state index contributed by atoms with van der Waals surface area (Å²) in [6.45, 7) is 6.93. The predicted octanol–water partition coefficient (Wildman–Crippen LogP) is 1.06. The van der Waals surface area contributed by atoms with Crippen LogP contribution >= 0.6 is 11.3 Å².